The molecule has 0 aliphatic rings. The Morgan fingerprint density at radius 2 is 1.90 bits per heavy atom. The van der Waals surface area contributed by atoms with Crippen LogP contribution in [0.2, 0.25) is 0 Å². The summed E-state index contributed by atoms with van der Waals surface area (Å²) in [5.41, 5.74) is 0.641. The molecule has 0 fully saturated rings. The maximum atomic E-state index is 12.2. The minimum Gasteiger partial charge on any atom is -0.480 e. The highest BCUT2D eigenvalue weighted by molar-refractivity contribution is 7.91. The standard InChI is InChI=1S/C19H23N3O6S/c1-3-28-19(25)14-12-20-16(13-8-6-5-7-9-13)22-17(14)21-15(18(23)24)10-11-29(26,27)4-2/h5-9,12,15H,3-4,10-11H2,1-2H3,(H,23,24)(H,20,21,22). The van der Waals surface area contributed by atoms with Gasteiger partial charge in [-0.05, 0) is 13.3 Å². The molecule has 2 aromatic rings. The molecule has 1 aromatic carbocycles. The Hall–Kier alpha value is -3.01. The van der Waals surface area contributed by atoms with Crippen LogP contribution in [-0.2, 0) is 19.4 Å². The number of rotatable bonds is 10. The molecule has 1 atom stereocenters. The molecule has 10 heteroatoms. The third kappa shape index (κ3) is 6.24. The highest BCUT2D eigenvalue weighted by Crippen LogP contribution is 2.21. The van der Waals surface area contributed by atoms with Gasteiger partial charge in [-0.3, -0.25) is 0 Å². The number of hydrogen-bond acceptors (Lipinski definition) is 8. The third-order valence-electron chi connectivity index (χ3n) is 4.08. The van der Waals surface area contributed by atoms with Crippen LogP contribution in [0.3, 0.4) is 0 Å². The predicted molar refractivity (Wildman–Crippen MR) is 107 cm³/mol. The lowest BCUT2D eigenvalue weighted by Crippen LogP contribution is -2.33. The number of benzene rings is 1. The van der Waals surface area contributed by atoms with Crippen molar-refractivity contribution in [3.63, 3.8) is 0 Å². The van der Waals surface area contributed by atoms with E-state index < -0.39 is 27.8 Å². The highest BCUT2D eigenvalue weighted by Gasteiger charge is 2.25. The van der Waals surface area contributed by atoms with E-state index in [1.807, 2.05) is 6.07 Å². The third-order valence-corrected chi connectivity index (χ3v) is 5.82. The fraction of sp³-hybridized carbons (Fsp3) is 0.368. The lowest BCUT2D eigenvalue weighted by Gasteiger charge is -2.17. The predicted octanol–water partition coefficient (Wildman–Crippen LogP) is 2.01. The fourth-order valence-corrected chi connectivity index (χ4v) is 3.32. The Bertz CT molecular complexity index is 963. The van der Waals surface area contributed by atoms with Crippen molar-refractivity contribution in [1.29, 1.82) is 0 Å². The van der Waals surface area contributed by atoms with Gasteiger partial charge < -0.3 is 15.2 Å². The number of carboxylic acid groups (broad SMARTS) is 1. The molecule has 0 aliphatic heterocycles. The number of ether oxygens (including phenoxy) is 1. The molecule has 0 bridgehead atoms. The smallest absolute Gasteiger partial charge is 0.343 e. The minimum absolute atomic E-state index is 0.0291. The quantitative estimate of drug-likeness (QED) is 0.552. The molecule has 0 aliphatic carbocycles. The molecule has 156 valence electrons. The fourth-order valence-electron chi connectivity index (χ4n) is 2.44. The number of nitrogens with one attached hydrogen (secondary N) is 1. The van der Waals surface area contributed by atoms with E-state index in [9.17, 15) is 23.1 Å². The van der Waals surface area contributed by atoms with Gasteiger partial charge in [0, 0.05) is 17.5 Å². The van der Waals surface area contributed by atoms with Crippen molar-refractivity contribution in [3.8, 4) is 11.4 Å². The molecule has 9 nitrogen and oxygen atoms in total. The number of carbonyl (C=O) groups is 2. The lowest BCUT2D eigenvalue weighted by molar-refractivity contribution is -0.137. The average Bonchev–Trinajstić information content (AvgIpc) is 2.71. The molecule has 29 heavy (non-hydrogen) atoms. The number of anilines is 1. The Balaban J connectivity index is 2.39. The Labute approximate surface area is 169 Å². The molecule has 0 saturated carbocycles. The molecule has 0 amide bonds. The van der Waals surface area contributed by atoms with Gasteiger partial charge >= 0.3 is 11.9 Å². The second-order valence-electron chi connectivity index (χ2n) is 6.10. The summed E-state index contributed by atoms with van der Waals surface area (Å²) >= 11 is 0. The number of sulfone groups is 1. The zero-order chi connectivity index (χ0) is 21.4. The minimum atomic E-state index is -3.35. The van der Waals surface area contributed by atoms with E-state index in [2.05, 4.69) is 15.3 Å². The molecule has 0 spiro atoms. The molecule has 1 unspecified atom stereocenters. The summed E-state index contributed by atoms with van der Waals surface area (Å²) in [5.74, 6) is -2.10. The first-order valence-electron chi connectivity index (χ1n) is 9.06. The second-order valence-corrected chi connectivity index (χ2v) is 8.58. The molecule has 2 rings (SSSR count). The maximum Gasteiger partial charge on any atom is 0.343 e. The summed E-state index contributed by atoms with van der Waals surface area (Å²) < 4.78 is 28.5. The Kier molecular flexibility index (Phi) is 7.66. The number of aliphatic carboxylic acids is 1. The van der Waals surface area contributed by atoms with E-state index in [0.717, 1.165) is 0 Å². The first-order chi connectivity index (χ1) is 13.8. The first-order valence-corrected chi connectivity index (χ1v) is 10.9. The maximum absolute atomic E-state index is 12.2. The Morgan fingerprint density at radius 3 is 2.48 bits per heavy atom. The zero-order valence-corrected chi connectivity index (χ0v) is 17.0. The van der Waals surface area contributed by atoms with Gasteiger partial charge in [-0.1, -0.05) is 37.3 Å². The van der Waals surface area contributed by atoms with Gasteiger partial charge in [0.2, 0.25) is 0 Å². The number of aromatic nitrogens is 2. The molecular formula is C19H23N3O6S. The van der Waals surface area contributed by atoms with E-state index in [-0.39, 0.29) is 41.7 Å². The van der Waals surface area contributed by atoms with E-state index >= 15 is 0 Å². The van der Waals surface area contributed by atoms with Crippen molar-refractivity contribution in [2.24, 2.45) is 0 Å². The van der Waals surface area contributed by atoms with Crippen molar-refractivity contribution in [3.05, 3.63) is 42.1 Å². The molecular weight excluding hydrogens is 398 g/mol. The van der Waals surface area contributed by atoms with Crippen molar-refractivity contribution in [2.45, 2.75) is 26.3 Å². The largest absolute Gasteiger partial charge is 0.480 e. The van der Waals surface area contributed by atoms with Crippen molar-refractivity contribution in [2.75, 3.05) is 23.4 Å². The molecule has 0 saturated heterocycles. The second kappa shape index (κ2) is 9.97. The molecule has 1 heterocycles. The average molecular weight is 421 g/mol. The van der Waals surface area contributed by atoms with E-state index in [1.165, 1.54) is 13.1 Å². The van der Waals surface area contributed by atoms with Gasteiger partial charge in [0.15, 0.2) is 5.82 Å². The van der Waals surface area contributed by atoms with Gasteiger partial charge in [0.1, 0.15) is 27.3 Å². The SMILES string of the molecule is CCOC(=O)c1cnc(-c2ccccc2)nc1NC(CCS(=O)(=O)CC)C(=O)O. The van der Waals surface area contributed by atoms with Crippen LogP contribution in [0.4, 0.5) is 5.82 Å². The van der Waals surface area contributed by atoms with E-state index in [1.54, 1.807) is 31.2 Å². The van der Waals surface area contributed by atoms with Crippen molar-refractivity contribution < 1.29 is 27.9 Å². The summed E-state index contributed by atoms with van der Waals surface area (Å²) in [6.45, 7) is 3.25. The topological polar surface area (TPSA) is 136 Å². The zero-order valence-electron chi connectivity index (χ0n) is 16.2. The van der Waals surface area contributed by atoms with Gasteiger partial charge in [0.05, 0.1) is 12.4 Å². The normalized spacial score (nSPS) is 12.2. The number of carbonyl (C=O) groups excluding carboxylic acids is 1. The van der Waals surface area contributed by atoms with Crippen LogP contribution in [0, 0.1) is 0 Å². The van der Waals surface area contributed by atoms with E-state index in [0.29, 0.717) is 5.56 Å². The van der Waals surface area contributed by atoms with Crippen LogP contribution in [-0.4, -0.2) is 59.6 Å². The summed E-state index contributed by atoms with van der Waals surface area (Å²) in [6, 6.07) is 7.69. The molecule has 0 radical (unpaired) electrons. The van der Waals surface area contributed by atoms with Crippen LogP contribution in [0.15, 0.2) is 36.5 Å². The van der Waals surface area contributed by atoms with Gasteiger partial charge in [0.25, 0.3) is 0 Å². The van der Waals surface area contributed by atoms with Gasteiger partial charge in [-0.2, -0.15) is 0 Å². The van der Waals surface area contributed by atoms with Crippen LogP contribution in [0.5, 0.6) is 0 Å². The van der Waals surface area contributed by atoms with Crippen LogP contribution in [0.1, 0.15) is 30.6 Å². The number of carboxylic acids is 1. The van der Waals surface area contributed by atoms with Gasteiger partial charge in [-0.25, -0.2) is 28.0 Å². The van der Waals surface area contributed by atoms with Crippen LogP contribution >= 0.6 is 0 Å². The number of nitrogens with zero attached hydrogens (tertiary/aromatic N) is 2. The number of hydrogen-bond donors (Lipinski definition) is 2. The summed E-state index contributed by atoms with van der Waals surface area (Å²) in [4.78, 5) is 32.4. The highest BCUT2D eigenvalue weighted by atomic mass is 32.2. The number of esters is 1. The summed E-state index contributed by atoms with van der Waals surface area (Å²) in [7, 11) is -3.35. The monoisotopic (exact) mass is 421 g/mol. The van der Waals surface area contributed by atoms with Crippen LogP contribution in [0.25, 0.3) is 11.4 Å². The van der Waals surface area contributed by atoms with Crippen molar-refractivity contribution >= 4 is 27.6 Å². The lowest BCUT2D eigenvalue weighted by atomic mass is 10.2. The Morgan fingerprint density at radius 1 is 1.21 bits per heavy atom. The van der Waals surface area contributed by atoms with Gasteiger partial charge in [-0.15, -0.1) is 0 Å². The molecule has 2 N–H and O–H groups in total. The summed E-state index contributed by atoms with van der Waals surface area (Å²) in [6.07, 6.45) is 1.08. The first kappa shape index (κ1) is 22.3. The molecule has 1 aromatic heterocycles. The van der Waals surface area contributed by atoms with Crippen molar-refractivity contribution in [1.82, 2.24) is 9.97 Å². The van der Waals surface area contributed by atoms with E-state index in [4.69, 9.17) is 4.74 Å². The summed E-state index contributed by atoms with van der Waals surface area (Å²) in [5, 5.41) is 12.2. The van der Waals surface area contributed by atoms with Crippen LogP contribution < -0.4 is 5.32 Å².